The summed E-state index contributed by atoms with van der Waals surface area (Å²) >= 11 is 0. The van der Waals surface area contributed by atoms with Crippen LogP contribution in [-0.2, 0) is 14.2 Å². The Bertz CT molecular complexity index is 185. The lowest BCUT2D eigenvalue weighted by Crippen LogP contribution is -2.38. The topological polar surface area (TPSA) is 60.0 Å². The number of hydrogen-bond acceptors (Lipinski definition) is 5. The minimum absolute atomic E-state index is 0.225. The van der Waals surface area contributed by atoms with Gasteiger partial charge in [-0.05, 0) is 19.8 Å². The van der Waals surface area contributed by atoms with E-state index in [9.17, 15) is 5.11 Å². The van der Waals surface area contributed by atoms with Gasteiger partial charge in [0.05, 0.1) is 32.0 Å². The van der Waals surface area contributed by atoms with Gasteiger partial charge in [0, 0.05) is 26.3 Å². The van der Waals surface area contributed by atoms with Crippen molar-refractivity contribution < 1.29 is 19.3 Å². The minimum Gasteiger partial charge on any atom is -0.389 e. The molecule has 5 nitrogen and oxygen atoms in total. The summed E-state index contributed by atoms with van der Waals surface area (Å²) in [5.74, 6) is 0. The second-order valence-corrected chi connectivity index (χ2v) is 4.59. The predicted molar refractivity (Wildman–Crippen MR) is 65.1 cm³/mol. The summed E-state index contributed by atoms with van der Waals surface area (Å²) < 4.78 is 15.8. The van der Waals surface area contributed by atoms with Crippen LogP contribution in [-0.4, -0.2) is 63.4 Å². The standard InChI is InChI=1S/C12H25NO4/c1-10(7-15-2)13-6-11(14)8-16-9-12-4-3-5-17-12/h10-14H,3-9H2,1-2H3. The van der Waals surface area contributed by atoms with Crippen LogP contribution in [0.5, 0.6) is 0 Å². The van der Waals surface area contributed by atoms with E-state index in [1.54, 1.807) is 7.11 Å². The van der Waals surface area contributed by atoms with Crippen LogP contribution in [0.2, 0.25) is 0 Å². The Balaban J connectivity index is 1.94. The molecule has 17 heavy (non-hydrogen) atoms. The molecule has 0 aromatic heterocycles. The lowest BCUT2D eigenvalue weighted by atomic mass is 10.2. The molecule has 1 rings (SSSR count). The lowest BCUT2D eigenvalue weighted by Gasteiger charge is -2.17. The fourth-order valence-electron chi connectivity index (χ4n) is 1.82. The normalized spacial score (nSPS) is 23.8. The Labute approximate surface area is 103 Å². The minimum atomic E-state index is -0.476. The monoisotopic (exact) mass is 247 g/mol. The van der Waals surface area contributed by atoms with Gasteiger partial charge in [-0.1, -0.05) is 0 Å². The van der Waals surface area contributed by atoms with Crippen molar-refractivity contribution in [2.75, 3.05) is 40.1 Å². The molecule has 1 aliphatic rings. The number of aliphatic hydroxyl groups excluding tert-OH is 1. The maximum atomic E-state index is 9.67. The molecule has 3 unspecified atom stereocenters. The number of aliphatic hydroxyl groups is 1. The second-order valence-electron chi connectivity index (χ2n) is 4.59. The van der Waals surface area contributed by atoms with Crippen molar-refractivity contribution in [2.45, 2.75) is 38.0 Å². The first-order valence-electron chi connectivity index (χ1n) is 6.32. The number of methoxy groups -OCH3 is 1. The van der Waals surface area contributed by atoms with E-state index in [0.29, 0.717) is 26.4 Å². The smallest absolute Gasteiger partial charge is 0.0897 e. The third-order valence-corrected chi connectivity index (χ3v) is 2.76. The summed E-state index contributed by atoms with van der Waals surface area (Å²) in [5, 5.41) is 12.8. The molecule has 102 valence electrons. The van der Waals surface area contributed by atoms with Crippen LogP contribution >= 0.6 is 0 Å². The summed E-state index contributed by atoms with van der Waals surface area (Å²) in [5.41, 5.74) is 0. The van der Waals surface area contributed by atoms with Gasteiger partial charge in [0.2, 0.25) is 0 Å². The molecule has 0 aromatic rings. The van der Waals surface area contributed by atoms with Crippen molar-refractivity contribution in [3.63, 3.8) is 0 Å². The largest absolute Gasteiger partial charge is 0.389 e. The highest BCUT2D eigenvalue weighted by molar-refractivity contribution is 4.66. The van der Waals surface area contributed by atoms with Crippen LogP contribution < -0.4 is 5.32 Å². The Morgan fingerprint density at radius 1 is 1.47 bits per heavy atom. The van der Waals surface area contributed by atoms with E-state index in [1.807, 2.05) is 6.92 Å². The molecule has 0 spiro atoms. The molecule has 3 atom stereocenters. The van der Waals surface area contributed by atoms with Crippen LogP contribution in [0.3, 0.4) is 0 Å². The van der Waals surface area contributed by atoms with E-state index >= 15 is 0 Å². The zero-order chi connectivity index (χ0) is 12.5. The first kappa shape index (κ1) is 14.9. The summed E-state index contributed by atoms with van der Waals surface area (Å²) in [6.45, 7) is 4.97. The molecule has 2 N–H and O–H groups in total. The molecule has 5 heteroatoms. The molecule has 0 bridgehead atoms. The van der Waals surface area contributed by atoms with Gasteiger partial charge in [0.15, 0.2) is 0 Å². The molecule has 0 aromatic carbocycles. The van der Waals surface area contributed by atoms with E-state index in [-0.39, 0.29) is 12.1 Å². The van der Waals surface area contributed by atoms with Gasteiger partial charge in [-0.2, -0.15) is 0 Å². The van der Waals surface area contributed by atoms with E-state index in [1.165, 1.54) is 0 Å². The summed E-state index contributed by atoms with van der Waals surface area (Å²) in [7, 11) is 1.67. The van der Waals surface area contributed by atoms with E-state index in [4.69, 9.17) is 14.2 Å². The Morgan fingerprint density at radius 3 is 2.94 bits per heavy atom. The highest BCUT2D eigenvalue weighted by Crippen LogP contribution is 2.11. The van der Waals surface area contributed by atoms with Gasteiger partial charge in [0.1, 0.15) is 0 Å². The quantitative estimate of drug-likeness (QED) is 0.608. The number of ether oxygens (including phenoxy) is 3. The maximum Gasteiger partial charge on any atom is 0.0897 e. The van der Waals surface area contributed by atoms with E-state index < -0.39 is 6.10 Å². The zero-order valence-electron chi connectivity index (χ0n) is 10.9. The van der Waals surface area contributed by atoms with Crippen LogP contribution in [0.4, 0.5) is 0 Å². The number of rotatable bonds is 9. The average molecular weight is 247 g/mol. The molecule has 0 amide bonds. The molecule has 0 saturated carbocycles. The Morgan fingerprint density at radius 2 is 2.29 bits per heavy atom. The van der Waals surface area contributed by atoms with Crippen LogP contribution in [0.1, 0.15) is 19.8 Å². The molecular formula is C12H25NO4. The van der Waals surface area contributed by atoms with Gasteiger partial charge in [-0.25, -0.2) is 0 Å². The van der Waals surface area contributed by atoms with Crippen LogP contribution in [0.15, 0.2) is 0 Å². The fourth-order valence-corrected chi connectivity index (χ4v) is 1.82. The van der Waals surface area contributed by atoms with Crippen LogP contribution in [0, 0.1) is 0 Å². The van der Waals surface area contributed by atoms with Crippen LogP contribution in [0.25, 0.3) is 0 Å². The van der Waals surface area contributed by atoms with Crippen molar-refractivity contribution in [2.24, 2.45) is 0 Å². The SMILES string of the molecule is COCC(C)NCC(O)COCC1CCCO1. The summed E-state index contributed by atoms with van der Waals surface area (Å²) in [6, 6.07) is 0.243. The first-order chi connectivity index (χ1) is 8.22. The number of hydrogen-bond donors (Lipinski definition) is 2. The Hall–Kier alpha value is -0.200. The van der Waals surface area contributed by atoms with Crippen molar-refractivity contribution in [3.05, 3.63) is 0 Å². The second kappa shape index (κ2) is 8.83. The average Bonchev–Trinajstić information content (AvgIpc) is 2.80. The van der Waals surface area contributed by atoms with Crippen molar-refractivity contribution in [1.29, 1.82) is 0 Å². The molecular weight excluding hydrogens is 222 g/mol. The van der Waals surface area contributed by atoms with Crippen molar-refractivity contribution >= 4 is 0 Å². The van der Waals surface area contributed by atoms with Gasteiger partial charge in [-0.15, -0.1) is 0 Å². The first-order valence-corrected chi connectivity index (χ1v) is 6.32. The van der Waals surface area contributed by atoms with Gasteiger partial charge in [-0.3, -0.25) is 0 Å². The molecule has 1 heterocycles. The molecule has 1 aliphatic heterocycles. The van der Waals surface area contributed by atoms with Gasteiger partial charge >= 0.3 is 0 Å². The molecule has 1 saturated heterocycles. The zero-order valence-corrected chi connectivity index (χ0v) is 10.9. The van der Waals surface area contributed by atoms with Gasteiger partial charge in [0.25, 0.3) is 0 Å². The highest BCUT2D eigenvalue weighted by Gasteiger charge is 2.16. The van der Waals surface area contributed by atoms with E-state index in [2.05, 4.69) is 5.32 Å². The van der Waals surface area contributed by atoms with Gasteiger partial charge < -0.3 is 24.6 Å². The summed E-state index contributed by atoms with van der Waals surface area (Å²) in [6.07, 6.45) is 1.93. The van der Waals surface area contributed by atoms with Crippen molar-refractivity contribution in [3.8, 4) is 0 Å². The predicted octanol–water partition coefficient (Wildman–Crippen LogP) is 0.167. The Kier molecular flexibility index (Phi) is 7.72. The maximum absolute atomic E-state index is 9.67. The summed E-state index contributed by atoms with van der Waals surface area (Å²) in [4.78, 5) is 0. The lowest BCUT2D eigenvalue weighted by molar-refractivity contribution is -0.0173. The third kappa shape index (κ3) is 6.95. The number of nitrogens with one attached hydrogen (secondary N) is 1. The third-order valence-electron chi connectivity index (χ3n) is 2.76. The van der Waals surface area contributed by atoms with E-state index in [0.717, 1.165) is 19.4 Å². The fraction of sp³-hybridized carbons (Fsp3) is 1.00. The molecule has 1 fully saturated rings. The van der Waals surface area contributed by atoms with Crippen molar-refractivity contribution in [1.82, 2.24) is 5.32 Å². The molecule has 0 radical (unpaired) electrons. The molecule has 0 aliphatic carbocycles. The highest BCUT2D eigenvalue weighted by atomic mass is 16.5.